The van der Waals surface area contributed by atoms with E-state index >= 15 is 0 Å². The maximum atomic E-state index is 7.91. The van der Waals surface area contributed by atoms with Gasteiger partial charge in [0.25, 0.3) is 6.02 Å². The van der Waals surface area contributed by atoms with Crippen LogP contribution in [0.15, 0.2) is 17.0 Å². The van der Waals surface area contributed by atoms with Gasteiger partial charge in [-0.3, -0.25) is 9.81 Å². The highest BCUT2D eigenvalue weighted by molar-refractivity contribution is 9.10. The van der Waals surface area contributed by atoms with Gasteiger partial charge in [-0.2, -0.15) is 0 Å². The first-order valence-electron chi connectivity index (χ1n) is 7.29. The third-order valence-corrected chi connectivity index (χ3v) is 4.50. The molecule has 0 aromatic carbocycles. The fourth-order valence-corrected chi connectivity index (χ4v) is 3.42. The molecule has 2 aromatic heterocycles. The van der Waals surface area contributed by atoms with E-state index in [0.717, 1.165) is 24.3 Å². The van der Waals surface area contributed by atoms with Crippen LogP contribution in [-0.4, -0.2) is 44.5 Å². The Bertz CT molecular complexity index is 715. The lowest BCUT2D eigenvalue weighted by atomic mass is 10.1. The summed E-state index contributed by atoms with van der Waals surface area (Å²) >= 11 is 3.47. The summed E-state index contributed by atoms with van der Waals surface area (Å²) < 4.78 is 8.09. The van der Waals surface area contributed by atoms with Crippen LogP contribution in [0.3, 0.4) is 0 Å². The van der Waals surface area contributed by atoms with Crippen molar-refractivity contribution in [3.63, 3.8) is 0 Å². The van der Waals surface area contributed by atoms with Gasteiger partial charge in [-0.1, -0.05) is 6.92 Å². The molecule has 0 aliphatic carbocycles. The summed E-state index contributed by atoms with van der Waals surface area (Å²) in [4.78, 5) is 10.7. The molecule has 22 heavy (non-hydrogen) atoms. The normalized spacial score (nSPS) is 19.7. The van der Waals surface area contributed by atoms with Crippen molar-refractivity contribution in [2.24, 2.45) is 0 Å². The number of anilines is 1. The van der Waals surface area contributed by atoms with Crippen molar-refractivity contribution in [2.75, 3.05) is 18.8 Å². The molecule has 1 fully saturated rings. The summed E-state index contributed by atoms with van der Waals surface area (Å²) in [7, 11) is 0. The van der Waals surface area contributed by atoms with Crippen LogP contribution in [-0.2, 0) is 4.74 Å². The van der Waals surface area contributed by atoms with Crippen molar-refractivity contribution < 1.29 is 4.74 Å². The number of nitrogens with zero attached hydrogens (tertiary/aromatic N) is 4. The number of fused-ring (bicyclic) bond motifs is 1. The first kappa shape index (κ1) is 15.1. The number of nitrogen functional groups attached to an aromatic ring is 1. The van der Waals surface area contributed by atoms with E-state index in [9.17, 15) is 0 Å². The Morgan fingerprint density at radius 3 is 3.00 bits per heavy atom. The highest BCUT2D eigenvalue weighted by atomic mass is 79.9. The molecule has 2 atom stereocenters. The van der Waals surface area contributed by atoms with Crippen molar-refractivity contribution in [3.05, 3.63) is 22.8 Å². The molecule has 3 rings (SSSR count). The van der Waals surface area contributed by atoms with E-state index in [-0.39, 0.29) is 18.0 Å². The smallest absolute Gasteiger partial charge is 0.284 e. The van der Waals surface area contributed by atoms with Crippen molar-refractivity contribution in [2.45, 2.75) is 32.3 Å². The molecule has 8 heteroatoms. The molecule has 0 spiro atoms. The number of ether oxygens (including phenoxy) is 1. The van der Waals surface area contributed by atoms with Gasteiger partial charge in [-0.05, 0) is 29.3 Å². The Morgan fingerprint density at radius 2 is 2.36 bits per heavy atom. The van der Waals surface area contributed by atoms with E-state index in [0.29, 0.717) is 17.0 Å². The SMILES string of the molecule is CC[C@H](CN1C[C@H](C)OC1=N)c1nc(Br)c2c(N)nccn12. The average Bonchev–Trinajstić information content (AvgIpc) is 2.97. The number of halogens is 1. The lowest BCUT2D eigenvalue weighted by Crippen LogP contribution is -2.30. The van der Waals surface area contributed by atoms with Crippen molar-refractivity contribution >= 4 is 33.3 Å². The van der Waals surface area contributed by atoms with Crippen LogP contribution < -0.4 is 5.73 Å². The number of aromatic nitrogens is 3. The summed E-state index contributed by atoms with van der Waals surface area (Å²) in [6, 6.07) is 0.243. The van der Waals surface area contributed by atoms with Crippen LogP contribution in [0, 0.1) is 5.41 Å². The van der Waals surface area contributed by atoms with Gasteiger partial charge in [0.05, 0.1) is 6.54 Å². The predicted octanol–water partition coefficient (Wildman–Crippen LogP) is 2.22. The van der Waals surface area contributed by atoms with Gasteiger partial charge in [0.2, 0.25) is 0 Å². The minimum atomic E-state index is 0.0635. The zero-order chi connectivity index (χ0) is 15.9. The first-order chi connectivity index (χ1) is 10.5. The molecule has 7 nitrogen and oxygen atoms in total. The number of nitrogens with one attached hydrogen (secondary N) is 1. The molecule has 1 saturated heterocycles. The van der Waals surface area contributed by atoms with Gasteiger partial charge in [0, 0.05) is 24.9 Å². The van der Waals surface area contributed by atoms with Crippen LogP contribution in [0.1, 0.15) is 32.0 Å². The predicted molar refractivity (Wildman–Crippen MR) is 88.0 cm³/mol. The fraction of sp³-hybridized carbons (Fsp3) is 0.500. The van der Waals surface area contributed by atoms with Gasteiger partial charge in [0.1, 0.15) is 22.0 Å². The Kier molecular flexibility index (Phi) is 3.94. The molecular formula is C14H19BrN6O. The summed E-state index contributed by atoms with van der Waals surface area (Å²) in [5.74, 6) is 1.55. The monoisotopic (exact) mass is 366 g/mol. The second-order valence-electron chi connectivity index (χ2n) is 5.54. The van der Waals surface area contributed by atoms with Gasteiger partial charge in [0.15, 0.2) is 5.82 Å². The lowest BCUT2D eigenvalue weighted by Gasteiger charge is -2.21. The van der Waals surface area contributed by atoms with Crippen LogP contribution in [0.2, 0.25) is 0 Å². The van der Waals surface area contributed by atoms with E-state index in [4.69, 9.17) is 15.9 Å². The molecule has 0 amide bonds. The highest BCUT2D eigenvalue weighted by Gasteiger charge is 2.29. The largest absolute Gasteiger partial charge is 0.460 e. The van der Waals surface area contributed by atoms with Gasteiger partial charge in [-0.25, -0.2) is 9.97 Å². The number of hydrogen-bond acceptors (Lipinski definition) is 5. The quantitative estimate of drug-likeness (QED) is 0.865. The average molecular weight is 367 g/mol. The Labute approximate surface area is 137 Å². The number of imidazole rings is 1. The molecule has 0 saturated carbocycles. The second-order valence-corrected chi connectivity index (χ2v) is 6.29. The first-order valence-corrected chi connectivity index (χ1v) is 8.08. The number of hydrogen-bond donors (Lipinski definition) is 2. The van der Waals surface area contributed by atoms with Crippen molar-refractivity contribution in [3.8, 4) is 0 Å². The third kappa shape index (κ3) is 2.51. The summed E-state index contributed by atoms with van der Waals surface area (Å²) in [6.07, 6.45) is 4.52. The Balaban J connectivity index is 1.94. The standard InChI is InChI=1S/C14H19BrN6O/c1-3-9(7-20-6-8(2)22-14(20)17)13-19-11(15)10-12(16)18-4-5-21(10)13/h4-5,8-9,17H,3,6-7H2,1-2H3,(H2,16,18)/t8-,9+/m0/s1. The van der Waals surface area contributed by atoms with E-state index < -0.39 is 0 Å². The van der Waals surface area contributed by atoms with E-state index in [2.05, 4.69) is 32.8 Å². The van der Waals surface area contributed by atoms with Gasteiger partial charge < -0.3 is 15.4 Å². The molecule has 3 N–H and O–H groups in total. The summed E-state index contributed by atoms with van der Waals surface area (Å²) in [6.45, 7) is 5.54. The number of rotatable bonds is 4. The van der Waals surface area contributed by atoms with E-state index in [1.165, 1.54) is 0 Å². The molecule has 2 aromatic rings. The lowest BCUT2D eigenvalue weighted by molar-refractivity contribution is 0.249. The molecule has 0 radical (unpaired) electrons. The Hall–Kier alpha value is -1.83. The molecular weight excluding hydrogens is 348 g/mol. The van der Waals surface area contributed by atoms with Crippen LogP contribution in [0.4, 0.5) is 5.82 Å². The zero-order valence-electron chi connectivity index (χ0n) is 12.6. The van der Waals surface area contributed by atoms with Crippen LogP contribution in [0.5, 0.6) is 0 Å². The van der Waals surface area contributed by atoms with Crippen LogP contribution >= 0.6 is 15.9 Å². The van der Waals surface area contributed by atoms with Crippen molar-refractivity contribution in [1.29, 1.82) is 5.41 Å². The highest BCUT2D eigenvalue weighted by Crippen LogP contribution is 2.29. The minimum Gasteiger partial charge on any atom is -0.460 e. The van der Waals surface area contributed by atoms with Gasteiger partial charge in [-0.15, -0.1) is 0 Å². The molecule has 1 aliphatic rings. The van der Waals surface area contributed by atoms with Crippen LogP contribution in [0.25, 0.3) is 5.52 Å². The molecule has 118 valence electrons. The third-order valence-electron chi connectivity index (χ3n) is 3.94. The molecule has 1 aliphatic heterocycles. The second kappa shape index (κ2) is 5.75. The molecule has 3 heterocycles. The maximum absolute atomic E-state index is 7.91. The minimum absolute atomic E-state index is 0.0635. The Morgan fingerprint density at radius 1 is 1.59 bits per heavy atom. The van der Waals surface area contributed by atoms with Crippen molar-refractivity contribution in [1.82, 2.24) is 19.3 Å². The summed E-state index contributed by atoms with van der Waals surface area (Å²) in [5.41, 5.74) is 6.74. The maximum Gasteiger partial charge on any atom is 0.284 e. The summed E-state index contributed by atoms with van der Waals surface area (Å²) in [5, 5.41) is 7.91. The van der Waals surface area contributed by atoms with Gasteiger partial charge >= 0.3 is 0 Å². The van der Waals surface area contributed by atoms with E-state index in [1.807, 2.05) is 22.4 Å². The van der Waals surface area contributed by atoms with E-state index in [1.54, 1.807) is 6.20 Å². The molecule has 0 bridgehead atoms. The number of amidine groups is 1. The fourth-order valence-electron chi connectivity index (χ4n) is 2.84. The number of nitrogens with two attached hydrogens (primary N) is 1. The zero-order valence-corrected chi connectivity index (χ0v) is 14.2. The topological polar surface area (TPSA) is 92.5 Å². The molecule has 0 unspecified atom stereocenters.